The average Bonchev–Trinajstić information content (AvgIpc) is 3.08. The molecule has 1 unspecified atom stereocenters. The summed E-state index contributed by atoms with van der Waals surface area (Å²) in [6.45, 7) is 1.37. The van der Waals surface area contributed by atoms with Gasteiger partial charge in [-0.05, 0) is 37.1 Å². The number of ether oxygens (including phenoxy) is 2. The SMILES string of the molecule is O=C(Nc1cccc(OCC2CCCO2)c1)c1ccccc1. The molecule has 1 aliphatic rings. The Bertz CT molecular complexity index is 621. The second kappa shape index (κ2) is 7.09. The number of amides is 1. The maximum Gasteiger partial charge on any atom is 0.255 e. The molecular weight excluding hydrogens is 278 g/mol. The van der Waals surface area contributed by atoms with Crippen LogP contribution in [-0.2, 0) is 4.74 Å². The van der Waals surface area contributed by atoms with Gasteiger partial charge in [0.2, 0.25) is 0 Å². The van der Waals surface area contributed by atoms with Crippen molar-refractivity contribution in [1.29, 1.82) is 0 Å². The second-order valence-electron chi connectivity index (χ2n) is 5.29. The summed E-state index contributed by atoms with van der Waals surface area (Å²) < 4.78 is 11.3. The molecule has 0 aliphatic carbocycles. The normalized spacial score (nSPS) is 17.2. The van der Waals surface area contributed by atoms with Crippen LogP contribution in [0.15, 0.2) is 54.6 Å². The van der Waals surface area contributed by atoms with Crippen molar-refractivity contribution in [2.45, 2.75) is 18.9 Å². The summed E-state index contributed by atoms with van der Waals surface area (Å²) in [4.78, 5) is 12.1. The predicted octanol–water partition coefficient (Wildman–Crippen LogP) is 3.50. The number of carbonyl (C=O) groups excluding carboxylic acids is 1. The standard InChI is InChI=1S/C18H19NO3/c20-18(14-6-2-1-3-7-14)19-15-8-4-9-16(12-15)22-13-17-10-5-11-21-17/h1-4,6-9,12,17H,5,10-11,13H2,(H,19,20). The number of benzene rings is 2. The highest BCUT2D eigenvalue weighted by Crippen LogP contribution is 2.20. The van der Waals surface area contributed by atoms with E-state index in [1.807, 2.05) is 42.5 Å². The van der Waals surface area contributed by atoms with Gasteiger partial charge in [-0.2, -0.15) is 0 Å². The molecule has 0 bridgehead atoms. The van der Waals surface area contributed by atoms with Crippen molar-refractivity contribution in [3.05, 3.63) is 60.2 Å². The van der Waals surface area contributed by atoms with Gasteiger partial charge in [-0.25, -0.2) is 0 Å². The fourth-order valence-corrected chi connectivity index (χ4v) is 2.42. The highest BCUT2D eigenvalue weighted by atomic mass is 16.5. The van der Waals surface area contributed by atoms with Gasteiger partial charge in [-0.1, -0.05) is 24.3 Å². The molecule has 1 amide bonds. The molecule has 0 saturated carbocycles. The van der Waals surface area contributed by atoms with Crippen molar-refractivity contribution in [2.24, 2.45) is 0 Å². The summed E-state index contributed by atoms with van der Waals surface area (Å²) in [5.41, 5.74) is 1.35. The first kappa shape index (κ1) is 14.6. The van der Waals surface area contributed by atoms with Crippen LogP contribution in [0.5, 0.6) is 5.75 Å². The van der Waals surface area contributed by atoms with Crippen LogP contribution in [0.2, 0.25) is 0 Å². The van der Waals surface area contributed by atoms with Gasteiger partial charge in [0.15, 0.2) is 0 Å². The minimum atomic E-state index is -0.128. The second-order valence-corrected chi connectivity index (χ2v) is 5.29. The Balaban J connectivity index is 1.59. The lowest BCUT2D eigenvalue weighted by molar-refractivity contribution is 0.0680. The first-order valence-corrected chi connectivity index (χ1v) is 7.52. The summed E-state index contributed by atoms with van der Waals surface area (Å²) >= 11 is 0. The number of nitrogens with one attached hydrogen (secondary N) is 1. The van der Waals surface area contributed by atoms with Crippen LogP contribution in [0.1, 0.15) is 23.2 Å². The summed E-state index contributed by atoms with van der Waals surface area (Å²) in [6.07, 6.45) is 2.33. The molecule has 1 saturated heterocycles. The quantitative estimate of drug-likeness (QED) is 0.919. The summed E-state index contributed by atoms with van der Waals surface area (Å²) in [7, 11) is 0. The lowest BCUT2D eigenvalue weighted by Crippen LogP contribution is -2.16. The third-order valence-electron chi connectivity index (χ3n) is 3.59. The smallest absolute Gasteiger partial charge is 0.255 e. The Morgan fingerprint density at radius 3 is 2.82 bits per heavy atom. The summed E-state index contributed by atoms with van der Waals surface area (Å²) in [5, 5.41) is 2.88. The summed E-state index contributed by atoms with van der Waals surface area (Å²) in [5.74, 6) is 0.609. The van der Waals surface area contributed by atoms with Gasteiger partial charge in [-0.15, -0.1) is 0 Å². The van der Waals surface area contributed by atoms with E-state index in [4.69, 9.17) is 9.47 Å². The van der Waals surface area contributed by atoms with E-state index in [0.717, 1.165) is 30.9 Å². The van der Waals surface area contributed by atoms with E-state index in [1.165, 1.54) is 0 Å². The number of hydrogen-bond acceptors (Lipinski definition) is 3. The van der Waals surface area contributed by atoms with Gasteiger partial charge in [0.25, 0.3) is 5.91 Å². The average molecular weight is 297 g/mol. The first-order chi connectivity index (χ1) is 10.8. The maximum atomic E-state index is 12.1. The topological polar surface area (TPSA) is 47.6 Å². The Kier molecular flexibility index (Phi) is 4.71. The molecule has 1 N–H and O–H groups in total. The van der Waals surface area contributed by atoms with Crippen molar-refractivity contribution in [3.8, 4) is 5.75 Å². The molecule has 1 fully saturated rings. The van der Waals surface area contributed by atoms with E-state index in [9.17, 15) is 4.79 Å². The zero-order valence-electron chi connectivity index (χ0n) is 12.3. The van der Waals surface area contributed by atoms with E-state index in [0.29, 0.717) is 12.2 Å². The third-order valence-corrected chi connectivity index (χ3v) is 3.59. The number of anilines is 1. The third kappa shape index (κ3) is 3.86. The molecule has 114 valence electrons. The minimum absolute atomic E-state index is 0.128. The number of hydrogen-bond donors (Lipinski definition) is 1. The largest absolute Gasteiger partial charge is 0.491 e. The van der Waals surface area contributed by atoms with Crippen molar-refractivity contribution in [2.75, 3.05) is 18.5 Å². The highest BCUT2D eigenvalue weighted by molar-refractivity contribution is 6.04. The highest BCUT2D eigenvalue weighted by Gasteiger charge is 2.16. The molecule has 4 nitrogen and oxygen atoms in total. The van der Waals surface area contributed by atoms with Crippen LogP contribution < -0.4 is 10.1 Å². The Morgan fingerprint density at radius 2 is 2.05 bits per heavy atom. The minimum Gasteiger partial charge on any atom is -0.491 e. The lowest BCUT2D eigenvalue weighted by atomic mass is 10.2. The van der Waals surface area contributed by atoms with Crippen molar-refractivity contribution in [3.63, 3.8) is 0 Å². The van der Waals surface area contributed by atoms with E-state index in [1.54, 1.807) is 12.1 Å². The lowest BCUT2D eigenvalue weighted by Gasteiger charge is -2.12. The van der Waals surface area contributed by atoms with Gasteiger partial charge in [-0.3, -0.25) is 4.79 Å². The molecule has 2 aromatic rings. The molecule has 1 heterocycles. The first-order valence-electron chi connectivity index (χ1n) is 7.52. The molecule has 1 aliphatic heterocycles. The van der Waals surface area contributed by atoms with E-state index < -0.39 is 0 Å². The monoisotopic (exact) mass is 297 g/mol. The van der Waals surface area contributed by atoms with Crippen molar-refractivity contribution in [1.82, 2.24) is 0 Å². The van der Waals surface area contributed by atoms with E-state index >= 15 is 0 Å². The fourth-order valence-electron chi connectivity index (χ4n) is 2.42. The van der Waals surface area contributed by atoms with Crippen LogP contribution in [0.3, 0.4) is 0 Å². The van der Waals surface area contributed by atoms with E-state index in [-0.39, 0.29) is 12.0 Å². The van der Waals surface area contributed by atoms with Crippen LogP contribution in [-0.4, -0.2) is 25.2 Å². The molecule has 1 atom stereocenters. The molecule has 4 heteroatoms. The Labute approximate surface area is 130 Å². The van der Waals surface area contributed by atoms with Gasteiger partial charge in [0.1, 0.15) is 12.4 Å². The van der Waals surface area contributed by atoms with E-state index in [2.05, 4.69) is 5.32 Å². The Morgan fingerprint density at radius 1 is 1.18 bits per heavy atom. The summed E-state index contributed by atoms with van der Waals surface area (Å²) in [6, 6.07) is 16.6. The fraction of sp³-hybridized carbons (Fsp3) is 0.278. The number of rotatable bonds is 5. The molecule has 22 heavy (non-hydrogen) atoms. The van der Waals surface area contributed by atoms with Crippen molar-refractivity contribution >= 4 is 11.6 Å². The van der Waals surface area contributed by atoms with Crippen molar-refractivity contribution < 1.29 is 14.3 Å². The van der Waals surface area contributed by atoms with Gasteiger partial charge in [0, 0.05) is 23.9 Å². The van der Waals surface area contributed by atoms with Crippen LogP contribution in [0.25, 0.3) is 0 Å². The molecular formula is C18H19NO3. The predicted molar refractivity (Wildman–Crippen MR) is 85.3 cm³/mol. The number of carbonyl (C=O) groups is 1. The van der Waals surface area contributed by atoms with Gasteiger partial charge >= 0.3 is 0 Å². The van der Waals surface area contributed by atoms with Crippen LogP contribution in [0.4, 0.5) is 5.69 Å². The zero-order valence-corrected chi connectivity index (χ0v) is 12.3. The maximum absolute atomic E-state index is 12.1. The van der Waals surface area contributed by atoms with Gasteiger partial charge < -0.3 is 14.8 Å². The van der Waals surface area contributed by atoms with Crippen LogP contribution in [0, 0.1) is 0 Å². The molecule has 0 spiro atoms. The zero-order chi connectivity index (χ0) is 15.2. The Hall–Kier alpha value is -2.33. The molecule has 3 rings (SSSR count). The molecule has 2 aromatic carbocycles. The van der Waals surface area contributed by atoms with Gasteiger partial charge in [0.05, 0.1) is 6.10 Å². The van der Waals surface area contributed by atoms with Crippen LogP contribution >= 0.6 is 0 Å². The molecule has 0 radical (unpaired) electrons. The molecule has 0 aromatic heterocycles.